The van der Waals surface area contributed by atoms with Gasteiger partial charge < -0.3 is 14.8 Å². The molecular formula is C16H15BO4. The molecule has 0 saturated heterocycles. The van der Waals surface area contributed by atoms with Crippen molar-refractivity contribution >= 4 is 18.4 Å². The fourth-order valence-corrected chi connectivity index (χ4v) is 2.85. The number of carbonyl (C=O) groups excluding carboxylic acids is 1. The highest BCUT2D eigenvalue weighted by Gasteiger charge is 2.50. The lowest BCUT2D eigenvalue weighted by Gasteiger charge is -2.28. The molecule has 0 aromatic heterocycles. The predicted molar refractivity (Wildman–Crippen MR) is 79.5 cm³/mol. The standard InChI is InChI=1S/C16H15BO4/c1-2-16(15(19)11-7-9-12(18)10-8-11)13-5-3-4-6-14(13)17(20)21-16/h3-10,18,20H,2H2,1H3. The number of Topliss-reactive ketones (excluding diaryl/α,β-unsaturated/α-hetero) is 1. The Balaban J connectivity index is 2.10. The normalized spacial score (nSPS) is 20.4. The molecule has 0 saturated carbocycles. The molecule has 1 aliphatic rings. The summed E-state index contributed by atoms with van der Waals surface area (Å²) in [7, 11) is -1.10. The summed E-state index contributed by atoms with van der Waals surface area (Å²) in [6.45, 7) is 1.85. The van der Waals surface area contributed by atoms with Crippen LogP contribution >= 0.6 is 0 Å². The molecule has 0 bridgehead atoms. The zero-order chi connectivity index (χ0) is 15.0. The molecule has 1 atom stereocenters. The van der Waals surface area contributed by atoms with Crippen molar-refractivity contribution in [3.05, 3.63) is 59.7 Å². The predicted octanol–water partition coefficient (Wildman–Crippen LogP) is 1.60. The van der Waals surface area contributed by atoms with Crippen LogP contribution in [0.4, 0.5) is 0 Å². The Morgan fingerprint density at radius 3 is 2.52 bits per heavy atom. The van der Waals surface area contributed by atoms with Gasteiger partial charge in [-0.2, -0.15) is 0 Å². The number of phenols is 1. The highest BCUT2D eigenvalue weighted by molar-refractivity contribution is 6.62. The number of carbonyl (C=O) groups is 1. The molecule has 2 N–H and O–H groups in total. The average molecular weight is 282 g/mol. The van der Waals surface area contributed by atoms with Crippen LogP contribution in [0, 0.1) is 0 Å². The molecule has 2 aromatic rings. The molecule has 0 fully saturated rings. The smallest absolute Gasteiger partial charge is 0.492 e. The Labute approximate surface area is 123 Å². The van der Waals surface area contributed by atoms with Gasteiger partial charge in [-0.25, -0.2) is 0 Å². The molecule has 1 unspecified atom stereocenters. The number of hydrogen-bond acceptors (Lipinski definition) is 4. The number of phenolic OH excluding ortho intramolecular Hbond substituents is 1. The molecule has 3 rings (SSSR count). The number of ketones is 1. The van der Waals surface area contributed by atoms with Gasteiger partial charge >= 0.3 is 7.12 Å². The molecule has 106 valence electrons. The summed E-state index contributed by atoms with van der Waals surface area (Å²) in [4.78, 5) is 12.9. The maximum atomic E-state index is 12.9. The summed E-state index contributed by atoms with van der Waals surface area (Å²) >= 11 is 0. The van der Waals surface area contributed by atoms with Crippen molar-refractivity contribution in [1.82, 2.24) is 0 Å². The second kappa shape index (κ2) is 5.02. The van der Waals surface area contributed by atoms with E-state index in [1.165, 1.54) is 12.1 Å². The van der Waals surface area contributed by atoms with Gasteiger partial charge in [0.15, 0.2) is 5.78 Å². The average Bonchev–Trinajstić information content (AvgIpc) is 2.81. The minimum absolute atomic E-state index is 0.102. The van der Waals surface area contributed by atoms with E-state index in [9.17, 15) is 14.9 Å². The zero-order valence-electron chi connectivity index (χ0n) is 11.6. The number of rotatable bonds is 3. The Kier molecular flexibility index (Phi) is 3.31. The Morgan fingerprint density at radius 1 is 1.19 bits per heavy atom. The molecule has 0 spiro atoms. The molecule has 0 radical (unpaired) electrons. The van der Waals surface area contributed by atoms with Crippen molar-refractivity contribution in [2.45, 2.75) is 18.9 Å². The van der Waals surface area contributed by atoms with Gasteiger partial charge in [0.25, 0.3) is 0 Å². The van der Waals surface area contributed by atoms with Gasteiger partial charge in [-0.15, -0.1) is 0 Å². The number of hydrogen-bond donors (Lipinski definition) is 2. The molecule has 0 amide bonds. The van der Waals surface area contributed by atoms with Crippen LogP contribution in [0.1, 0.15) is 29.3 Å². The van der Waals surface area contributed by atoms with E-state index in [1.807, 2.05) is 25.1 Å². The third-order valence-electron chi connectivity index (χ3n) is 3.97. The molecular weight excluding hydrogens is 267 g/mol. The second-order valence-corrected chi connectivity index (χ2v) is 5.11. The van der Waals surface area contributed by atoms with E-state index in [1.54, 1.807) is 18.2 Å². The Morgan fingerprint density at radius 2 is 1.86 bits per heavy atom. The van der Waals surface area contributed by atoms with E-state index in [0.29, 0.717) is 23.0 Å². The minimum atomic E-state index is -1.17. The minimum Gasteiger partial charge on any atom is -0.508 e. The van der Waals surface area contributed by atoms with E-state index in [2.05, 4.69) is 0 Å². The SMILES string of the molecule is CCC1(C(=O)c2ccc(O)cc2)OB(O)c2ccccc21. The summed E-state index contributed by atoms with van der Waals surface area (Å²) < 4.78 is 5.66. The Bertz CT molecular complexity index is 683. The molecule has 1 heterocycles. The first kappa shape index (κ1) is 13.9. The third kappa shape index (κ3) is 2.06. The van der Waals surface area contributed by atoms with E-state index >= 15 is 0 Å². The van der Waals surface area contributed by atoms with Crippen molar-refractivity contribution < 1.29 is 19.6 Å². The third-order valence-corrected chi connectivity index (χ3v) is 3.97. The summed E-state index contributed by atoms with van der Waals surface area (Å²) in [6.07, 6.45) is 0.417. The van der Waals surface area contributed by atoms with Crippen LogP contribution in [-0.4, -0.2) is 23.0 Å². The monoisotopic (exact) mass is 282 g/mol. The zero-order valence-corrected chi connectivity index (χ0v) is 11.6. The lowest BCUT2D eigenvalue weighted by molar-refractivity contribution is 0.0391. The maximum Gasteiger partial charge on any atom is 0.492 e. The van der Waals surface area contributed by atoms with Crippen LogP contribution in [-0.2, 0) is 10.3 Å². The van der Waals surface area contributed by atoms with Crippen LogP contribution in [0.2, 0.25) is 0 Å². The lowest BCUT2D eigenvalue weighted by atomic mass is 9.76. The van der Waals surface area contributed by atoms with Gasteiger partial charge in [0.05, 0.1) is 0 Å². The van der Waals surface area contributed by atoms with Crippen LogP contribution in [0.25, 0.3) is 0 Å². The lowest BCUT2D eigenvalue weighted by Crippen LogP contribution is -2.37. The van der Waals surface area contributed by atoms with Crippen molar-refractivity contribution in [1.29, 1.82) is 0 Å². The van der Waals surface area contributed by atoms with Gasteiger partial charge in [-0.05, 0) is 41.7 Å². The van der Waals surface area contributed by atoms with Gasteiger partial charge in [0.1, 0.15) is 11.4 Å². The first-order valence-electron chi connectivity index (χ1n) is 6.87. The first-order chi connectivity index (χ1) is 10.1. The van der Waals surface area contributed by atoms with Crippen molar-refractivity contribution in [3.63, 3.8) is 0 Å². The van der Waals surface area contributed by atoms with E-state index in [-0.39, 0.29) is 11.5 Å². The molecule has 2 aromatic carbocycles. The summed E-state index contributed by atoms with van der Waals surface area (Å²) in [5.41, 5.74) is 0.607. The number of aromatic hydroxyl groups is 1. The Hall–Kier alpha value is -2.11. The topological polar surface area (TPSA) is 66.8 Å². The maximum absolute atomic E-state index is 12.9. The molecule has 0 aliphatic carbocycles. The van der Waals surface area contributed by atoms with Gasteiger partial charge in [0, 0.05) is 5.56 Å². The van der Waals surface area contributed by atoms with Crippen LogP contribution in [0.15, 0.2) is 48.5 Å². The molecule has 1 aliphatic heterocycles. The van der Waals surface area contributed by atoms with Crippen molar-refractivity contribution in [2.24, 2.45) is 0 Å². The summed E-state index contributed by atoms with van der Waals surface area (Å²) in [6, 6.07) is 13.3. The molecule has 21 heavy (non-hydrogen) atoms. The van der Waals surface area contributed by atoms with Gasteiger partial charge in [-0.1, -0.05) is 31.2 Å². The van der Waals surface area contributed by atoms with Crippen molar-refractivity contribution in [2.75, 3.05) is 0 Å². The number of benzene rings is 2. The van der Waals surface area contributed by atoms with Crippen LogP contribution in [0.5, 0.6) is 5.75 Å². The van der Waals surface area contributed by atoms with Crippen molar-refractivity contribution in [3.8, 4) is 5.75 Å². The second-order valence-electron chi connectivity index (χ2n) is 5.11. The van der Waals surface area contributed by atoms with E-state index in [0.717, 1.165) is 0 Å². The fraction of sp³-hybridized carbons (Fsp3) is 0.188. The van der Waals surface area contributed by atoms with E-state index < -0.39 is 12.7 Å². The quantitative estimate of drug-likeness (QED) is 0.663. The molecule has 5 heteroatoms. The van der Waals surface area contributed by atoms with Crippen LogP contribution in [0.3, 0.4) is 0 Å². The van der Waals surface area contributed by atoms with Gasteiger partial charge in [-0.3, -0.25) is 4.79 Å². The van der Waals surface area contributed by atoms with E-state index in [4.69, 9.17) is 4.65 Å². The van der Waals surface area contributed by atoms with Gasteiger partial charge in [0.2, 0.25) is 0 Å². The highest BCUT2D eigenvalue weighted by atomic mass is 16.5. The fourth-order valence-electron chi connectivity index (χ4n) is 2.85. The summed E-state index contributed by atoms with van der Waals surface area (Å²) in [5, 5.41) is 19.4. The number of fused-ring (bicyclic) bond motifs is 1. The molecule has 4 nitrogen and oxygen atoms in total. The highest BCUT2D eigenvalue weighted by Crippen LogP contribution is 2.37. The van der Waals surface area contributed by atoms with Crippen LogP contribution < -0.4 is 5.46 Å². The largest absolute Gasteiger partial charge is 0.508 e. The summed E-state index contributed by atoms with van der Waals surface area (Å²) in [5.74, 6) is -0.112. The first-order valence-corrected chi connectivity index (χ1v) is 6.87.